The van der Waals surface area contributed by atoms with E-state index in [1.807, 2.05) is 58.0 Å². The topological polar surface area (TPSA) is 74.9 Å². The molecular formula is C29H30BrN3O4. The predicted octanol–water partition coefficient (Wildman–Crippen LogP) is 6.24. The number of benzene rings is 3. The molecule has 0 aliphatic carbocycles. The number of hydrogen-bond donors (Lipinski definition) is 0. The molecule has 192 valence electrons. The van der Waals surface area contributed by atoms with Crippen LogP contribution >= 0.6 is 15.9 Å². The molecule has 0 saturated carbocycles. The number of rotatable bonds is 7. The molecule has 0 bridgehead atoms. The van der Waals surface area contributed by atoms with E-state index in [9.17, 15) is 4.79 Å². The number of methoxy groups -OCH3 is 2. The molecule has 1 heterocycles. The summed E-state index contributed by atoms with van der Waals surface area (Å²) in [6.07, 6.45) is 1.59. The summed E-state index contributed by atoms with van der Waals surface area (Å²) in [5.74, 6) is 2.05. The molecule has 0 aliphatic heterocycles. The molecular weight excluding hydrogens is 534 g/mol. The van der Waals surface area contributed by atoms with Crippen LogP contribution in [-0.2, 0) is 12.0 Å². The van der Waals surface area contributed by atoms with E-state index in [4.69, 9.17) is 19.2 Å². The van der Waals surface area contributed by atoms with Crippen LogP contribution in [0.4, 0.5) is 0 Å². The van der Waals surface area contributed by atoms with Gasteiger partial charge in [-0.3, -0.25) is 4.79 Å². The molecule has 0 N–H and O–H groups in total. The third-order valence-corrected chi connectivity index (χ3v) is 6.24. The maximum absolute atomic E-state index is 13.4. The zero-order valence-electron chi connectivity index (χ0n) is 21.8. The second-order valence-corrected chi connectivity index (χ2v) is 10.7. The summed E-state index contributed by atoms with van der Waals surface area (Å²) in [5, 5.41) is 5.04. The molecule has 0 unspecified atom stereocenters. The van der Waals surface area contributed by atoms with Crippen LogP contribution in [0.3, 0.4) is 0 Å². The first-order chi connectivity index (χ1) is 17.6. The van der Waals surface area contributed by atoms with E-state index in [0.717, 1.165) is 15.6 Å². The number of ether oxygens (including phenoxy) is 3. The Bertz CT molecular complexity index is 1510. The highest BCUT2D eigenvalue weighted by Gasteiger charge is 2.23. The fourth-order valence-corrected chi connectivity index (χ4v) is 4.30. The molecule has 1 aromatic heterocycles. The first-order valence-electron chi connectivity index (χ1n) is 11.8. The van der Waals surface area contributed by atoms with Gasteiger partial charge in [0.15, 0.2) is 11.5 Å². The highest BCUT2D eigenvalue weighted by Crippen LogP contribution is 2.39. The van der Waals surface area contributed by atoms with Gasteiger partial charge in [0.05, 0.1) is 31.3 Å². The maximum atomic E-state index is 13.4. The average Bonchev–Trinajstić information content (AvgIpc) is 2.86. The first-order valence-corrected chi connectivity index (χ1v) is 12.6. The van der Waals surface area contributed by atoms with E-state index in [-0.39, 0.29) is 5.56 Å². The molecule has 0 amide bonds. The molecule has 4 aromatic rings. The third-order valence-electron chi connectivity index (χ3n) is 5.75. The summed E-state index contributed by atoms with van der Waals surface area (Å²) in [5.41, 5.74) is 2.84. The normalized spacial score (nSPS) is 11.8. The SMILES string of the molecule is COc1cc(C=Nn2c(C(C)(C)C)nc3ccc(Br)cc3c2=O)cc(OC)c1OCc1cccc(C)c1. The number of halogens is 1. The summed E-state index contributed by atoms with van der Waals surface area (Å²) in [4.78, 5) is 18.2. The van der Waals surface area contributed by atoms with Crippen molar-refractivity contribution in [3.8, 4) is 17.2 Å². The molecule has 7 nitrogen and oxygen atoms in total. The quantitative estimate of drug-likeness (QED) is 0.249. The number of hydrogen-bond acceptors (Lipinski definition) is 6. The fourth-order valence-electron chi connectivity index (χ4n) is 3.94. The van der Waals surface area contributed by atoms with Crippen LogP contribution in [0.15, 0.2) is 69.0 Å². The summed E-state index contributed by atoms with van der Waals surface area (Å²) in [6.45, 7) is 8.40. The Kier molecular flexibility index (Phi) is 7.68. The summed E-state index contributed by atoms with van der Waals surface area (Å²) >= 11 is 3.44. The molecule has 3 aromatic carbocycles. The third kappa shape index (κ3) is 5.85. The van der Waals surface area contributed by atoms with E-state index in [0.29, 0.717) is 46.1 Å². The summed E-state index contributed by atoms with van der Waals surface area (Å²) < 4.78 is 19.5. The van der Waals surface area contributed by atoms with Crippen LogP contribution in [0.5, 0.6) is 17.2 Å². The summed E-state index contributed by atoms with van der Waals surface area (Å²) in [7, 11) is 3.14. The zero-order valence-corrected chi connectivity index (χ0v) is 23.4. The van der Waals surface area contributed by atoms with Crippen LogP contribution in [-0.4, -0.2) is 30.1 Å². The van der Waals surface area contributed by atoms with Crippen molar-refractivity contribution >= 4 is 33.0 Å². The van der Waals surface area contributed by atoms with Gasteiger partial charge in [-0.2, -0.15) is 9.78 Å². The van der Waals surface area contributed by atoms with Gasteiger partial charge >= 0.3 is 0 Å². The minimum absolute atomic E-state index is 0.246. The maximum Gasteiger partial charge on any atom is 0.282 e. The lowest BCUT2D eigenvalue weighted by Crippen LogP contribution is -2.29. The Labute approximate surface area is 224 Å². The predicted molar refractivity (Wildman–Crippen MR) is 150 cm³/mol. The van der Waals surface area contributed by atoms with Gasteiger partial charge in [0, 0.05) is 15.5 Å². The van der Waals surface area contributed by atoms with Gasteiger partial charge in [-0.15, -0.1) is 0 Å². The molecule has 8 heteroatoms. The highest BCUT2D eigenvalue weighted by molar-refractivity contribution is 9.10. The molecule has 0 radical (unpaired) electrons. The molecule has 37 heavy (non-hydrogen) atoms. The Morgan fingerprint density at radius 3 is 2.35 bits per heavy atom. The number of aromatic nitrogens is 2. The van der Waals surface area contributed by atoms with Crippen molar-refractivity contribution in [1.29, 1.82) is 0 Å². The van der Waals surface area contributed by atoms with E-state index >= 15 is 0 Å². The van der Waals surface area contributed by atoms with E-state index < -0.39 is 5.41 Å². The lowest BCUT2D eigenvalue weighted by atomic mass is 9.95. The standard InChI is InChI=1S/C29H30BrN3O4/c1-18-8-7-9-19(12-18)17-37-26-24(35-5)13-20(14-25(26)36-6)16-31-33-27(34)22-15-21(30)10-11-23(22)32-28(33)29(2,3)4/h7-16H,17H2,1-6H3. The monoisotopic (exact) mass is 563 g/mol. The molecule has 0 aliphatic rings. The van der Waals surface area contributed by atoms with E-state index in [1.54, 1.807) is 38.6 Å². The van der Waals surface area contributed by atoms with Crippen LogP contribution in [0.25, 0.3) is 10.9 Å². The van der Waals surface area contributed by atoms with Gasteiger partial charge in [0.25, 0.3) is 5.56 Å². The highest BCUT2D eigenvalue weighted by atomic mass is 79.9. The first kappa shape index (κ1) is 26.4. The second kappa shape index (κ2) is 10.8. The fraction of sp³-hybridized carbons (Fsp3) is 0.276. The average molecular weight is 564 g/mol. The zero-order chi connectivity index (χ0) is 26.7. The van der Waals surface area contributed by atoms with Crippen molar-refractivity contribution in [2.24, 2.45) is 5.10 Å². The van der Waals surface area contributed by atoms with E-state index in [2.05, 4.69) is 27.1 Å². The second-order valence-electron chi connectivity index (χ2n) is 9.74. The van der Waals surface area contributed by atoms with Gasteiger partial charge in [-0.1, -0.05) is 66.5 Å². The lowest BCUT2D eigenvalue weighted by Gasteiger charge is -2.21. The molecule has 0 spiro atoms. The minimum Gasteiger partial charge on any atom is -0.493 e. The number of aryl methyl sites for hydroxylation is 1. The van der Waals surface area contributed by atoms with Gasteiger partial charge in [0.1, 0.15) is 12.4 Å². The molecule has 0 saturated heterocycles. The van der Waals surface area contributed by atoms with Crippen molar-refractivity contribution < 1.29 is 14.2 Å². The van der Waals surface area contributed by atoms with Crippen LogP contribution < -0.4 is 19.8 Å². The molecule has 4 rings (SSSR count). The van der Waals surface area contributed by atoms with Gasteiger partial charge < -0.3 is 14.2 Å². The van der Waals surface area contributed by atoms with Crippen molar-refractivity contribution in [1.82, 2.24) is 9.66 Å². The Morgan fingerprint density at radius 2 is 1.73 bits per heavy atom. The van der Waals surface area contributed by atoms with Gasteiger partial charge in [0.2, 0.25) is 5.75 Å². The largest absolute Gasteiger partial charge is 0.493 e. The van der Waals surface area contributed by atoms with Crippen molar-refractivity contribution in [3.63, 3.8) is 0 Å². The molecule has 0 fully saturated rings. The lowest BCUT2D eigenvalue weighted by molar-refractivity contribution is 0.266. The summed E-state index contributed by atoms with van der Waals surface area (Å²) in [6, 6.07) is 17.2. The van der Waals surface area contributed by atoms with Gasteiger partial charge in [-0.05, 0) is 42.8 Å². The minimum atomic E-state index is -0.416. The van der Waals surface area contributed by atoms with Crippen LogP contribution in [0.2, 0.25) is 0 Å². The van der Waals surface area contributed by atoms with Crippen molar-refractivity contribution in [2.75, 3.05) is 14.2 Å². The van der Waals surface area contributed by atoms with Gasteiger partial charge in [-0.25, -0.2) is 4.98 Å². The Hall–Kier alpha value is -3.65. The number of nitrogens with zero attached hydrogens (tertiary/aromatic N) is 3. The van der Waals surface area contributed by atoms with Crippen molar-refractivity contribution in [3.05, 3.63) is 91.9 Å². The van der Waals surface area contributed by atoms with Crippen molar-refractivity contribution in [2.45, 2.75) is 39.7 Å². The Morgan fingerprint density at radius 1 is 1.03 bits per heavy atom. The molecule has 0 atom stereocenters. The number of fused-ring (bicyclic) bond motifs is 1. The smallest absolute Gasteiger partial charge is 0.282 e. The van der Waals surface area contributed by atoms with Crippen LogP contribution in [0, 0.1) is 6.92 Å². The van der Waals surface area contributed by atoms with Crippen LogP contribution in [0.1, 0.15) is 43.3 Å². The van der Waals surface area contributed by atoms with E-state index in [1.165, 1.54) is 4.68 Å². The Balaban J connectivity index is 1.74.